The lowest BCUT2D eigenvalue weighted by Crippen LogP contribution is -2.40. The average Bonchev–Trinajstić information content (AvgIpc) is 3.99. The number of benzene rings is 4. The first kappa shape index (κ1) is 53.2. The maximum atomic E-state index is 13.4. The molecule has 380 valence electrons. The molecule has 4 aromatic heterocycles. The third-order valence-corrected chi connectivity index (χ3v) is 13.7. The third kappa shape index (κ3) is 9.97. The molecule has 4 aromatic carbocycles. The summed E-state index contributed by atoms with van der Waals surface area (Å²) in [7, 11) is -0.550. The number of hydrogen-bond donors (Lipinski definition) is 0. The van der Waals surface area contributed by atoms with Gasteiger partial charge in [-0.2, -0.15) is 36.5 Å². The van der Waals surface area contributed by atoms with Gasteiger partial charge < -0.3 is 0 Å². The summed E-state index contributed by atoms with van der Waals surface area (Å²) >= 11 is 0. The molecule has 18 nitrogen and oxygen atoms in total. The Morgan fingerprint density at radius 2 is 0.905 bits per heavy atom. The number of hydrogen-bond acceptors (Lipinski definition) is 10. The smallest absolute Gasteiger partial charge is 0.268 e. The van der Waals surface area contributed by atoms with Gasteiger partial charge in [0, 0.05) is 42.4 Å². The Labute approximate surface area is 418 Å². The van der Waals surface area contributed by atoms with E-state index < -0.39 is 69.8 Å². The highest BCUT2D eigenvalue weighted by molar-refractivity contribution is 8.13. The van der Waals surface area contributed by atoms with Gasteiger partial charge in [-0.1, -0.05) is 36.4 Å². The summed E-state index contributed by atoms with van der Waals surface area (Å²) in [5.41, 5.74) is -6.16. The summed E-state index contributed by atoms with van der Waals surface area (Å²) in [6, 6.07) is 19.7. The molecule has 0 N–H and O–H groups in total. The Morgan fingerprint density at radius 3 is 1.23 bits per heavy atom. The molecule has 0 amide bonds. The van der Waals surface area contributed by atoms with Crippen LogP contribution in [0.3, 0.4) is 0 Å². The van der Waals surface area contributed by atoms with Gasteiger partial charge in [-0.15, -0.1) is 0 Å². The molecule has 0 aliphatic carbocycles. The van der Waals surface area contributed by atoms with E-state index in [4.69, 9.17) is 23.8 Å². The summed E-state index contributed by atoms with van der Waals surface area (Å²) in [5, 5.41) is 8.20. The van der Waals surface area contributed by atoms with E-state index in [2.05, 4.69) is 19.9 Å². The van der Waals surface area contributed by atoms with Crippen molar-refractivity contribution >= 4 is 40.9 Å². The lowest BCUT2D eigenvalue weighted by molar-refractivity contribution is -0.138. The maximum Gasteiger partial charge on any atom is 0.416 e. The molecule has 0 saturated carbocycles. The van der Waals surface area contributed by atoms with Gasteiger partial charge in [0.2, 0.25) is 0 Å². The maximum absolute atomic E-state index is 13.4. The molecule has 0 atom stereocenters. The molecule has 74 heavy (non-hydrogen) atoms. The van der Waals surface area contributed by atoms with E-state index in [9.17, 15) is 62.4 Å². The minimum atomic E-state index is -4.70. The van der Waals surface area contributed by atoms with Gasteiger partial charge in [0.25, 0.3) is 20.2 Å². The molecule has 0 saturated heterocycles. The van der Waals surface area contributed by atoms with Crippen molar-refractivity contribution < 1.29 is 43.2 Å². The van der Waals surface area contributed by atoms with Crippen molar-refractivity contribution in [1.29, 1.82) is 0 Å². The molecule has 0 spiro atoms. The van der Waals surface area contributed by atoms with Crippen molar-refractivity contribution in [2.24, 2.45) is 14.1 Å². The van der Waals surface area contributed by atoms with Crippen LogP contribution in [0.1, 0.15) is 22.5 Å². The normalized spacial score (nSPS) is 11.9. The number of rotatable bonds is 8. The molecule has 0 bridgehead atoms. The molecule has 0 fully saturated rings. The van der Waals surface area contributed by atoms with Crippen LogP contribution < -0.4 is 22.5 Å². The van der Waals surface area contributed by atoms with Gasteiger partial charge in [0.15, 0.2) is 21.2 Å². The number of halogens is 7. The van der Waals surface area contributed by atoms with Crippen LogP contribution >= 0.6 is 10.7 Å². The summed E-state index contributed by atoms with van der Waals surface area (Å²) in [6.45, 7) is 16.8. The van der Waals surface area contributed by atoms with Crippen molar-refractivity contribution in [3.05, 3.63) is 196 Å². The van der Waals surface area contributed by atoms with E-state index in [-0.39, 0.29) is 61.5 Å². The highest BCUT2D eigenvalue weighted by atomic mass is 35.7. The van der Waals surface area contributed by atoms with Gasteiger partial charge in [-0.3, -0.25) is 27.9 Å². The summed E-state index contributed by atoms with van der Waals surface area (Å²) in [5.74, 6) is 0. The standard InChI is InChI=1S/C24H18F3N5O4S.C23H15ClF3N5O4S/c1-14-20(21-19(37(4,35)36)13-29-32(21)17-10-8-16(28-2)9-11-17)22(33)30(3)23(34)31(14)18-7-5-6-15(12-18)24(25,26)27;1-13-19(20-18(37(24,35)36)12-29-32(20)16-9-7-15(28-2)8-10-16)21(33)30(3)22(34)31(13)17-6-4-5-14(11-17)23(25,26)27/h5-13H,1,3-4H3;4-12H,1,3H3. The van der Waals surface area contributed by atoms with E-state index in [1.54, 1.807) is 0 Å². The largest absolute Gasteiger partial charge is 0.416 e. The zero-order chi connectivity index (χ0) is 54.6. The SMILES string of the molecule is [C-]#[N+]c1ccc(-n2ncc(S(=O)(=O)Cl)c2-c2c(C)n(-c3cccc(C(F)(F)F)c3)c(=O)n(C)c2=O)cc1.[C-]#[N+]c1ccc(-n2ncc(S(C)(=O)=O)c2-c2c(C)n(-c3cccc(C(F)(F)F)c3)c(=O)n(C)c2=O)cc1. The topological polar surface area (TPSA) is 201 Å². The van der Waals surface area contributed by atoms with Crippen LogP contribution in [0.5, 0.6) is 0 Å². The monoisotopic (exact) mass is 1080 g/mol. The van der Waals surface area contributed by atoms with Crippen molar-refractivity contribution in [1.82, 2.24) is 37.8 Å². The Balaban J connectivity index is 0.000000216. The quantitative estimate of drug-likeness (QED) is 0.0820. The van der Waals surface area contributed by atoms with Crippen LogP contribution in [0.25, 0.3) is 55.0 Å². The number of alkyl halides is 6. The molecular formula is C47H33ClF6N10O8S2. The number of nitrogens with zero attached hydrogens (tertiary/aromatic N) is 10. The third-order valence-electron chi connectivity index (χ3n) is 11.3. The first-order valence-corrected chi connectivity index (χ1v) is 25.0. The van der Waals surface area contributed by atoms with Crippen LogP contribution in [0.4, 0.5) is 37.7 Å². The zero-order valence-corrected chi connectivity index (χ0v) is 41.0. The molecule has 0 aliphatic rings. The molecular weight excluding hydrogens is 1050 g/mol. The summed E-state index contributed by atoms with van der Waals surface area (Å²) in [4.78, 5) is 58.5. The Kier molecular flexibility index (Phi) is 14.0. The molecule has 27 heteroatoms. The van der Waals surface area contributed by atoms with Crippen molar-refractivity contribution in [3.63, 3.8) is 0 Å². The van der Waals surface area contributed by atoms with Crippen LogP contribution in [0.15, 0.2) is 138 Å². The van der Waals surface area contributed by atoms with Crippen LogP contribution in [0, 0.1) is 27.0 Å². The van der Waals surface area contributed by atoms with E-state index in [0.717, 1.165) is 83.0 Å². The van der Waals surface area contributed by atoms with Crippen LogP contribution in [0.2, 0.25) is 0 Å². The van der Waals surface area contributed by atoms with Gasteiger partial charge in [-0.05, 0) is 74.5 Å². The predicted molar refractivity (Wildman–Crippen MR) is 258 cm³/mol. The second kappa shape index (κ2) is 19.4. The van der Waals surface area contributed by atoms with E-state index in [1.807, 2.05) is 0 Å². The first-order valence-electron chi connectivity index (χ1n) is 20.8. The number of sulfone groups is 1. The van der Waals surface area contributed by atoms with Crippen LogP contribution in [-0.4, -0.2) is 60.9 Å². The highest BCUT2D eigenvalue weighted by Gasteiger charge is 2.34. The second-order valence-electron chi connectivity index (χ2n) is 16.0. The first-order chi connectivity index (χ1) is 34.5. The Bertz CT molecular complexity index is 3890. The number of aromatic nitrogens is 8. The lowest BCUT2D eigenvalue weighted by atomic mass is 10.1. The van der Waals surface area contributed by atoms with E-state index in [1.165, 1.54) is 79.2 Å². The summed E-state index contributed by atoms with van der Waals surface area (Å²) in [6.07, 6.45) is -6.50. The minimum Gasteiger partial charge on any atom is -0.268 e. The fraction of sp³-hybridized carbons (Fsp3) is 0.149. The van der Waals surface area contributed by atoms with Gasteiger partial charge in [0.05, 0.1) is 70.5 Å². The van der Waals surface area contributed by atoms with Crippen molar-refractivity contribution in [2.45, 2.75) is 36.0 Å². The molecule has 0 radical (unpaired) electrons. The predicted octanol–water partition coefficient (Wildman–Crippen LogP) is 7.86. The Morgan fingerprint density at radius 1 is 0.554 bits per heavy atom. The fourth-order valence-corrected chi connectivity index (χ4v) is 9.44. The van der Waals surface area contributed by atoms with E-state index in [0.29, 0.717) is 20.5 Å². The van der Waals surface area contributed by atoms with Gasteiger partial charge >= 0.3 is 23.7 Å². The average molecular weight is 1080 g/mol. The lowest BCUT2D eigenvalue weighted by Gasteiger charge is -2.18. The minimum absolute atomic E-state index is 0.0862. The molecule has 8 aromatic rings. The summed E-state index contributed by atoms with van der Waals surface area (Å²) < 4.78 is 136. The molecule has 4 heterocycles. The Hall–Kier alpha value is -8.59. The molecule has 0 aliphatic heterocycles. The van der Waals surface area contributed by atoms with Crippen molar-refractivity contribution in [2.75, 3.05) is 6.26 Å². The molecule has 0 unspecified atom stereocenters. The van der Waals surface area contributed by atoms with Crippen LogP contribution in [-0.2, 0) is 45.3 Å². The van der Waals surface area contributed by atoms with E-state index >= 15 is 0 Å². The van der Waals surface area contributed by atoms with Gasteiger partial charge in [-0.25, -0.2) is 45.5 Å². The molecule has 8 rings (SSSR count). The van der Waals surface area contributed by atoms with Crippen molar-refractivity contribution in [3.8, 4) is 45.3 Å². The highest BCUT2D eigenvalue weighted by Crippen LogP contribution is 2.36. The second-order valence-corrected chi connectivity index (χ2v) is 20.5. The fourth-order valence-electron chi connectivity index (χ4n) is 7.73. The zero-order valence-electron chi connectivity index (χ0n) is 38.6. The van der Waals surface area contributed by atoms with Gasteiger partial charge in [0.1, 0.15) is 21.2 Å².